The van der Waals surface area contributed by atoms with E-state index in [2.05, 4.69) is 13.0 Å². The normalized spacial score (nSPS) is 48.4. The number of carbonyl (C=O) groups is 1. The fourth-order valence-corrected chi connectivity index (χ4v) is 2.78. The summed E-state index contributed by atoms with van der Waals surface area (Å²) >= 11 is 0. The van der Waals surface area contributed by atoms with E-state index in [0.717, 1.165) is 6.42 Å². The van der Waals surface area contributed by atoms with E-state index in [1.54, 1.807) is 0 Å². The third-order valence-electron chi connectivity index (χ3n) is 3.38. The molecular weight excluding hydrogens is 166 g/mol. The predicted octanol–water partition coefficient (Wildman–Crippen LogP) is 1.49. The molecule has 1 saturated heterocycles. The minimum atomic E-state index is -0.807. The van der Waals surface area contributed by atoms with Crippen LogP contribution in [0.25, 0.3) is 0 Å². The number of nitriles is 1. The summed E-state index contributed by atoms with van der Waals surface area (Å²) in [4.78, 5) is 11.5. The van der Waals surface area contributed by atoms with Crippen molar-refractivity contribution in [2.75, 3.05) is 0 Å². The molecule has 2 aliphatic rings. The van der Waals surface area contributed by atoms with E-state index in [1.807, 2.05) is 6.92 Å². The van der Waals surface area contributed by atoms with Crippen LogP contribution >= 0.6 is 0 Å². The zero-order valence-corrected chi connectivity index (χ0v) is 7.91. The van der Waals surface area contributed by atoms with Crippen LogP contribution in [0.2, 0.25) is 0 Å². The van der Waals surface area contributed by atoms with E-state index < -0.39 is 5.41 Å². The van der Waals surface area contributed by atoms with Crippen molar-refractivity contribution in [1.82, 2.24) is 0 Å². The highest BCUT2D eigenvalue weighted by Crippen LogP contribution is 2.53. The second-order valence-corrected chi connectivity index (χ2v) is 4.35. The van der Waals surface area contributed by atoms with E-state index in [1.165, 1.54) is 0 Å². The first kappa shape index (κ1) is 8.55. The number of hydrogen-bond acceptors (Lipinski definition) is 3. The Labute approximate surface area is 77.7 Å². The second kappa shape index (κ2) is 2.47. The standard InChI is InChI=1S/C10H13NO2/c1-6-3-8-7(2)13-9(12)10(8,4-6)5-11/h6-8H,3-4H2,1-2H3. The molecule has 1 aliphatic heterocycles. The molecule has 0 aromatic heterocycles. The molecule has 0 N–H and O–H groups in total. The molecule has 1 aliphatic carbocycles. The van der Waals surface area contributed by atoms with Gasteiger partial charge >= 0.3 is 5.97 Å². The Kier molecular flexibility index (Phi) is 1.63. The number of carbonyl (C=O) groups excluding carboxylic acids is 1. The van der Waals surface area contributed by atoms with Crippen molar-refractivity contribution < 1.29 is 9.53 Å². The van der Waals surface area contributed by atoms with Crippen LogP contribution in [0, 0.1) is 28.6 Å². The molecule has 0 spiro atoms. The maximum Gasteiger partial charge on any atom is 0.327 e. The lowest BCUT2D eigenvalue weighted by Crippen LogP contribution is -2.27. The molecule has 4 unspecified atom stereocenters. The van der Waals surface area contributed by atoms with E-state index in [9.17, 15) is 4.79 Å². The van der Waals surface area contributed by atoms with Crippen LogP contribution in [0.4, 0.5) is 0 Å². The molecule has 2 fully saturated rings. The molecule has 3 nitrogen and oxygen atoms in total. The van der Waals surface area contributed by atoms with Crippen LogP contribution in [0.5, 0.6) is 0 Å². The largest absolute Gasteiger partial charge is 0.461 e. The number of ether oxygens (including phenoxy) is 1. The van der Waals surface area contributed by atoms with Gasteiger partial charge in [-0.05, 0) is 25.7 Å². The van der Waals surface area contributed by atoms with E-state index >= 15 is 0 Å². The number of fused-ring (bicyclic) bond motifs is 1. The van der Waals surface area contributed by atoms with Crippen molar-refractivity contribution >= 4 is 5.97 Å². The fraction of sp³-hybridized carbons (Fsp3) is 0.800. The van der Waals surface area contributed by atoms with Crippen LogP contribution in [-0.4, -0.2) is 12.1 Å². The highest BCUT2D eigenvalue weighted by atomic mass is 16.6. The Balaban J connectivity index is 2.39. The van der Waals surface area contributed by atoms with Crippen molar-refractivity contribution in [3.05, 3.63) is 0 Å². The van der Waals surface area contributed by atoms with Crippen LogP contribution in [0.1, 0.15) is 26.7 Å². The zero-order valence-electron chi connectivity index (χ0n) is 7.91. The van der Waals surface area contributed by atoms with Crippen LogP contribution < -0.4 is 0 Å². The molecule has 4 atom stereocenters. The van der Waals surface area contributed by atoms with Gasteiger partial charge in [0.15, 0.2) is 5.41 Å². The van der Waals surface area contributed by atoms with E-state index in [-0.39, 0.29) is 18.0 Å². The summed E-state index contributed by atoms with van der Waals surface area (Å²) in [6.45, 7) is 3.98. The van der Waals surface area contributed by atoms with Gasteiger partial charge in [0.05, 0.1) is 6.07 Å². The van der Waals surface area contributed by atoms with Gasteiger partial charge in [0.1, 0.15) is 6.10 Å². The third kappa shape index (κ3) is 0.918. The van der Waals surface area contributed by atoms with E-state index in [0.29, 0.717) is 12.3 Å². The first-order valence-corrected chi connectivity index (χ1v) is 4.72. The molecule has 13 heavy (non-hydrogen) atoms. The van der Waals surface area contributed by atoms with Crippen LogP contribution in [0.15, 0.2) is 0 Å². The Hall–Kier alpha value is -1.04. The number of rotatable bonds is 0. The molecule has 1 heterocycles. The molecule has 0 aromatic rings. The average molecular weight is 179 g/mol. The van der Waals surface area contributed by atoms with Crippen molar-refractivity contribution in [2.24, 2.45) is 17.3 Å². The third-order valence-corrected chi connectivity index (χ3v) is 3.38. The highest BCUT2D eigenvalue weighted by Gasteiger charge is 2.60. The van der Waals surface area contributed by atoms with Gasteiger partial charge in [0.2, 0.25) is 0 Å². The molecule has 0 amide bonds. The molecule has 0 aromatic carbocycles. The van der Waals surface area contributed by atoms with Gasteiger partial charge < -0.3 is 4.74 Å². The molecule has 1 saturated carbocycles. The Bertz CT molecular complexity index is 294. The Morgan fingerprint density at radius 1 is 1.62 bits per heavy atom. The monoisotopic (exact) mass is 179 g/mol. The SMILES string of the molecule is CC1CC2C(C)OC(=O)C2(C#N)C1. The summed E-state index contributed by atoms with van der Waals surface area (Å²) in [6, 6.07) is 2.18. The molecule has 0 bridgehead atoms. The summed E-state index contributed by atoms with van der Waals surface area (Å²) in [5, 5.41) is 9.08. The molecule has 70 valence electrons. The minimum absolute atomic E-state index is 0.0721. The molecular formula is C10H13NO2. The van der Waals surface area contributed by atoms with Crippen LogP contribution in [-0.2, 0) is 9.53 Å². The Morgan fingerprint density at radius 3 is 2.85 bits per heavy atom. The molecule has 2 rings (SSSR count). The van der Waals surface area contributed by atoms with Gasteiger partial charge in [0, 0.05) is 5.92 Å². The lowest BCUT2D eigenvalue weighted by molar-refractivity contribution is -0.146. The predicted molar refractivity (Wildman–Crippen MR) is 45.5 cm³/mol. The van der Waals surface area contributed by atoms with Gasteiger partial charge in [-0.2, -0.15) is 5.26 Å². The first-order chi connectivity index (χ1) is 6.10. The summed E-state index contributed by atoms with van der Waals surface area (Å²) < 4.78 is 5.11. The molecule has 0 radical (unpaired) electrons. The smallest absolute Gasteiger partial charge is 0.327 e. The number of esters is 1. The lowest BCUT2D eigenvalue weighted by Gasteiger charge is -2.14. The Morgan fingerprint density at radius 2 is 2.31 bits per heavy atom. The van der Waals surface area contributed by atoms with Gasteiger partial charge in [-0.25, -0.2) is 0 Å². The van der Waals surface area contributed by atoms with Gasteiger partial charge in [0.25, 0.3) is 0 Å². The number of nitrogens with zero attached hydrogens (tertiary/aromatic N) is 1. The summed E-state index contributed by atoms with van der Waals surface area (Å²) in [5.74, 6) is 0.303. The second-order valence-electron chi connectivity index (χ2n) is 4.35. The average Bonchev–Trinajstić information content (AvgIpc) is 2.52. The maximum atomic E-state index is 11.5. The van der Waals surface area contributed by atoms with Gasteiger partial charge in [-0.15, -0.1) is 0 Å². The van der Waals surface area contributed by atoms with Crippen molar-refractivity contribution in [3.8, 4) is 6.07 Å². The van der Waals surface area contributed by atoms with Gasteiger partial charge in [-0.1, -0.05) is 6.92 Å². The van der Waals surface area contributed by atoms with Crippen molar-refractivity contribution in [1.29, 1.82) is 5.26 Å². The van der Waals surface area contributed by atoms with Gasteiger partial charge in [-0.3, -0.25) is 4.79 Å². The minimum Gasteiger partial charge on any atom is -0.461 e. The maximum absolute atomic E-state index is 11.5. The summed E-state index contributed by atoms with van der Waals surface area (Å²) in [7, 11) is 0. The first-order valence-electron chi connectivity index (χ1n) is 4.72. The summed E-state index contributed by atoms with van der Waals surface area (Å²) in [5.41, 5.74) is -0.807. The zero-order chi connectivity index (χ0) is 9.64. The number of hydrogen-bond donors (Lipinski definition) is 0. The van der Waals surface area contributed by atoms with E-state index in [4.69, 9.17) is 10.00 Å². The van der Waals surface area contributed by atoms with Crippen molar-refractivity contribution in [3.63, 3.8) is 0 Å². The van der Waals surface area contributed by atoms with Crippen LogP contribution in [0.3, 0.4) is 0 Å². The van der Waals surface area contributed by atoms with Crippen molar-refractivity contribution in [2.45, 2.75) is 32.8 Å². The molecule has 3 heteroatoms. The highest BCUT2D eigenvalue weighted by molar-refractivity contribution is 5.83. The lowest BCUT2D eigenvalue weighted by atomic mass is 9.79. The topological polar surface area (TPSA) is 50.1 Å². The fourth-order valence-electron chi connectivity index (χ4n) is 2.78. The summed E-state index contributed by atoms with van der Waals surface area (Å²) in [6.07, 6.45) is 1.55. The quantitative estimate of drug-likeness (QED) is 0.529. The number of cyclic esters (lactones) is 1.